The summed E-state index contributed by atoms with van der Waals surface area (Å²) in [5.74, 6) is 1.63. The number of rotatable bonds is 5. The molecule has 5 heteroatoms. The van der Waals surface area contributed by atoms with Crippen molar-refractivity contribution in [3.63, 3.8) is 0 Å². The highest BCUT2D eigenvalue weighted by Gasteiger charge is 2.04. The van der Waals surface area contributed by atoms with Crippen molar-refractivity contribution in [1.29, 1.82) is 0 Å². The molecule has 0 saturated heterocycles. The molecule has 0 amide bonds. The van der Waals surface area contributed by atoms with Crippen molar-refractivity contribution < 1.29 is 4.39 Å². The summed E-state index contributed by atoms with van der Waals surface area (Å²) in [6.07, 6.45) is 1.01. The van der Waals surface area contributed by atoms with Crippen LogP contribution in [0, 0.1) is 12.7 Å². The lowest BCUT2D eigenvalue weighted by molar-refractivity contribution is 0.628. The molecule has 0 saturated carbocycles. The Kier molecular flexibility index (Phi) is 4.70. The van der Waals surface area contributed by atoms with Crippen LogP contribution in [0.15, 0.2) is 54.6 Å². The molecule has 3 rings (SSSR count). The van der Waals surface area contributed by atoms with E-state index in [1.54, 1.807) is 18.2 Å². The van der Waals surface area contributed by atoms with Gasteiger partial charge >= 0.3 is 0 Å². The van der Waals surface area contributed by atoms with E-state index in [1.165, 1.54) is 17.7 Å². The van der Waals surface area contributed by atoms with Crippen LogP contribution in [-0.2, 0) is 6.42 Å². The molecule has 2 aromatic carbocycles. The Morgan fingerprint density at radius 2 is 1.54 bits per heavy atom. The molecule has 24 heavy (non-hydrogen) atoms. The highest BCUT2D eigenvalue weighted by Crippen LogP contribution is 2.21. The summed E-state index contributed by atoms with van der Waals surface area (Å²) in [6, 6.07) is 16.3. The van der Waals surface area contributed by atoms with Crippen LogP contribution in [0.25, 0.3) is 0 Å². The summed E-state index contributed by atoms with van der Waals surface area (Å²) in [5, 5.41) is 6.37. The minimum atomic E-state index is -0.292. The second-order valence-corrected chi connectivity index (χ2v) is 5.50. The van der Waals surface area contributed by atoms with E-state index in [1.807, 2.05) is 19.1 Å². The molecular formula is C19H19FN4. The first kappa shape index (κ1) is 15.9. The number of nitrogens with zero attached hydrogens (tertiary/aromatic N) is 2. The van der Waals surface area contributed by atoms with Crippen molar-refractivity contribution in [3.8, 4) is 0 Å². The molecule has 0 spiro atoms. The highest BCUT2D eigenvalue weighted by molar-refractivity contribution is 5.63. The van der Waals surface area contributed by atoms with Gasteiger partial charge in [0, 0.05) is 17.4 Å². The Labute approximate surface area is 140 Å². The Morgan fingerprint density at radius 3 is 2.17 bits per heavy atom. The van der Waals surface area contributed by atoms with E-state index in [2.05, 4.69) is 39.7 Å². The van der Waals surface area contributed by atoms with Crippen LogP contribution in [0.2, 0.25) is 0 Å². The normalized spacial score (nSPS) is 10.5. The lowest BCUT2D eigenvalue weighted by Gasteiger charge is -2.10. The Hall–Kier alpha value is -2.95. The van der Waals surface area contributed by atoms with Gasteiger partial charge in [-0.3, -0.25) is 0 Å². The molecular weight excluding hydrogens is 303 g/mol. The summed E-state index contributed by atoms with van der Waals surface area (Å²) in [7, 11) is 0. The van der Waals surface area contributed by atoms with Gasteiger partial charge in [0.1, 0.15) is 23.3 Å². The second-order valence-electron chi connectivity index (χ2n) is 5.50. The van der Waals surface area contributed by atoms with Crippen LogP contribution in [0.4, 0.5) is 27.4 Å². The Bertz CT molecular complexity index is 831. The van der Waals surface area contributed by atoms with E-state index in [4.69, 9.17) is 0 Å². The molecule has 3 aromatic rings. The topological polar surface area (TPSA) is 49.8 Å². The predicted molar refractivity (Wildman–Crippen MR) is 95.6 cm³/mol. The van der Waals surface area contributed by atoms with Gasteiger partial charge < -0.3 is 10.6 Å². The van der Waals surface area contributed by atoms with Crippen molar-refractivity contribution in [2.24, 2.45) is 0 Å². The van der Waals surface area contributed by atoms with Crippen LogP contribution in [-0.4, -0.2) is 9.97 Å². The predicted octanol–water partition coefficient (Wildman–Crippen LogP) is 4.97. The number of hydrogen-bond donors (Lipinski definition) is 2. The van der Waals surface area contributed by atoms with Gasteiger partial charge in [-0.25, -0.2) is 14.4 Å². The first-order valence-electron chi connectivity index (χ1n) is 7.86. The zero-order valence-electron chi connectivity index (χ0n) is 13.7. The molecule has 1 aromatic heterocycles. The number of nitrogens with one attached hydrogen (secondary N) is 2. The third-order valence-corrected chi connectivity index (χ3v) is 3.57. The summed E-state index contributed by atoms with van der Waals surface area (Å²) in [4.78, 5) is 8.74. The van der Waals surface area contributed by atoms with Gasteiger partial charge in [0.15, 0.2) is 0 Å². The van der Waals surface area contributed by atoms with E-state index < -0.39 is 0 Å². The Morgan fingerprint density at radius 1 is 0.875 bits per heavy atom. The maximum absolute atomic E-state index is 13.3. The third kappa shape index (κ3) is 4.07. The standard InChI is InChI=1S/C19H19FN4/c1-3-14-7-9-16(10-8-14)23-18-12-19(22-13(2)21-18)24-17-6-4-5-15(20)11-17/h4-12H,3H2,1-2H3,(H2,21,22,23,24). The highest BCUT2D eigenvalue weighted by atomic mass is 19.1. The van der Waals surface area contributed by atoms with Crippen molar-refractivity contribution in [3.05, 3.63) is 71.8 Å². The van der Waals surface area contributed by atoms with E-state index >= 15 is 0 Å². The van der Waals surface area contributed by atoms with Gasteiger partial charge in [0.25, 0.3) is 0 Å². The van der Waals surface area contributed by atoms with Gasteiger partial charge in [-0.05, 0) is 49.2 Å². The molecule has 0 unspecified atom stereocenters. The third-order valence-electron chi connectivity index (χ3n) is 3.57. The van der Waals surface area contributed by atoms with Gasteiger partial charge in [0.2, 0.25) is 0 Å². The molecule has 4 nitrogen and oxygen atoms in total. The molecule has 1 heterocycles. The summed E-state index contributed by atoms with van der Waals surface area (Å²) < 4.78 is 13.3. The molecule has 122 valence electrons. The van der Waals surface area contributed by atoms with Crippen LogP contribution < -0.4 is 10.6 Å². The van der Waals surface area contributed by atoms with Gasteiger partial charge in [-0.15, -0.1) is 0 Å². The summed E-state index contributed by atoms with van der Waals surface area (Å²) in [6.45, 7) is 3.95. The number of aryl methyl sites for hydroxylation is 2. The monoisotopic (exact) mass is 322 g/mol. The first-order chi connectivity index (χ1) is 11.6. The second kappa shape index (κ2) is 7.08. The number of aromatic nitrogens is 2. The maximum atomic E-state index is 13.3. The minimum Gasteiger partial charge on any atom is -0.340 e. The zero-order chi connectivity index (χ0) is 16.9. The van der Waals surface area contributed by atoms with E-state index in [-0.39, 0.29) is 5.82 Å². The van der Waals surface area contributed by atoms with Gasteiger partial charge in [0.05, 0.1) is 0 Å². The number of benzene rings is 2. The lowest BCUT2D eigenvalue weighted by atomic mass is 10.1. The molecule has 0 aliphatic heterocycles. The number of hydrogen-bond acceptors (Lipinski definition) is 4. The van der Waals surface area contributed by atoms with Gasteiger partial charge in [-0.2, -0.15) is 0 Å². The van der Waals surface area contributed by atoms with E-state index in [9.17, 15) is 4.39 Å². The Balaban J connectivity index is 1.80. The molecule has 2 N–H and O–H groups in total. The molecule has 0 aliphatic carbocycles. The summed E-state index contributed by atoms with van der Waals surface area (Å²) in [5.41, 5.74) is 2.89. The van der Waals surface area contributed by atoms with Crippen LogP contribution in [0.5, 0.6) is 0 Å². The van der Waals surface area contributed by atoms with Crippen molar-refractivity contribution in [2.75, 3.05) is 10.6 Å². The summed E-state index contributed by atoms with van der Waals surface area (Å²) >= 11 is 0. The largest absolute Gasteiger partial charge is 0.340 e. The van der Waals surface area contributed by atoms with E-state index in [0.29, 0.717) is 23.1 Å². The minimum absolute atomic E-state index is 0.292. The zero-order valence-corrected chi connectivity index (χ0v) is 13.7. The average molecular weight is 322 g/mol. The smallest absolute Gasteiger partial charge is 0.136 e. The van der Waals surface area contributed by atoms with Crippen molar-refractivity contribution >= 4 is 23.0 Å². The van der Waals surface area contributed by atoms with Crippen LogP contribution in [0.1, 0.15) is 18.3 Å². The van der Waals surface area contributed by atoms with Crippen LogP contribution >= 0.6 is 0 Å². The lowest BCUT2D eigenvalue weighted by Crippen LogP contribution is -2.01. The quantitative estimate of drug-likeness (QED) is 0.696. The number of halogens is 1. The van der Waals surface area contributed by atoms with Crippen molar-refractivity contribution in [1.82, 2.24) is 9.97 Å². The number of anilines is 4. The van der Waals surface area contributed by atoms with E-state index in [0.717, 1.165) is 12.1 Å². The van der Waals surface area contributed by atoms with Crippen LogP contribution in [0.3, 0.4) is 0 Å². The molecule has 0 bridgehead atoms. The maximum Gasteiger partial charge on any atom is 0.136 e. The molecule has 0 fully saturated rings. The fourth-order valence-corrected chi connectivity index (χ4v) is 2.38. The van der Waals surface area contributed by atoms with Crippen molar-refractivity contribution in [2.45, 2.75) is 20.3 Å². The average Bonchev–Trinajstić information content (AvgIpc) is 2.55. The first-order valence-corrected chi connectivity index (χ1v) is 7.86. The fourth-order valence-electron chi connectivity index (χ4n) is 2.38. The molecule has 0 atom stereocenters. The van der Waals surface area contributed by atoms with Gasteiger partial charge in [-0.1, -0.05) is 25.1 Å². The molecule has 0 radical (unpaired) electrons. The SMILES string of the molecule is CCc1ccc(Nc2cc(Nc3cccc(F)c3)nc(C)n2)cc1. The molecule has 0 aliphatic rings. The fraction of sp³-hybridized carbons (Fsp3) is 0.158.